The van der Waals surface area contributed by atoms with Crippen molar-refractivity contribution in [3.8, 4) is 0 Å². The highest BCUT2D eigenvalue weighted by atomic mass is 35.5. The molecule has 18 heavy (non-hydrogen) atoms. The highest BCUT2D eigenvalue weighted by molar-refractivity contribution is 6.31. The first kappa shape index (κ1) is 11.5. The van der Waals surface area contributed by atoms with Crippen molar-refractivity contribution in [2.75, 3.05) is 6.54 Å². The van der Waals surface area contributed by atoms with Crippen molar-refractivity contribution >= 4 is 22.5 Å². The van der Waals surface area contributed by atoms with E-state index in [1.54, 1.807) is 18.2 Å². The van der Waals surface area contributed by atoms with Crippen LogP contribution in [-0.2, 0) is 0 Å². The van der Waals surface area contributed by atoms with Crippen LogP contribution in [0.15, 0.2) is 27.8 Å². The Bertz CT molecular complexity index is 713. The van der Waals surface area contributed by atoms with Gasteiger partial charge in [-0.15, -0.1) is 0 Å². The van der Waals surface area contributed by atoms with Crippen LogP contribution in [0.5, 0.6) is 0 Å². The molecule has 0 amide bonds. The molecule has 2 heterocycles. The van der Waals surface area contributed by atoms with Crippen molar-refractivity contribution in [2.24, 2.45) is 0 Å². The maximum absolute atomic E-state index is 12.3. The van der Waals surface area contributed by atoms with Crippen molar-refractivity contribution in [3.05, 3.63) is 44.1 Å². The van der Waals surface area contributed by atoms with Gasteiger partial charge in [0.05, 0.1) is 17.1 Å². The zero-order chi connectivity index (χ0) is 12.7. The fourth-order valence-corrected chi connectivity index (χ4v) is 2.54. The van der Waals surface area contributed by atoms with Crippen LogP contribution in [0.2, 0.25) is 5.02 Å². The van der Waals surface area contributed by atoms with Crippen LogP contribution in [0.3, 0.4) is 0 Å². The van der Waals surface area contributed by atoms with E-state index in [1.165, 1.54) is 4.57 Å². The maximum Gasteiger partial charge on any atom is 0.330 e. The minimum Gasteiger partial charge on any atom is -0.307 e. The van der Waals surface area contributed by atoms with Gasteiger partial charge in [0.2, 0.25) is 0 Å². The molecule has 0 radical (unpaired) electrons. The number of rotatable bonds is 1. The zero-order valence-corrected chi connectivity index (χ0v) is 10.3. The fourth-order valence-electron chi connectivity index (χ4n) is 2.37. The Morgan fingerprint density at radius 3 is 2.89 bits per heavy atom. The molecule has 6 heteroatoms. The molecule has 0 spiro atoms. The Hall–Kier alpha value is -1.59. The summed E-state index contributed by atoms with van der Waals surface area (Å²) in [5, 5.41) is 4.07. The van der Waals surface area contributed by atoms with Crippen LogP contribution in [0.4, 0.5) is 0 Å². The summed E-state index contributed by atoms with van der Waals surface area (Å²) in [6.07, 6.45) is 1.53. The van der Waals surface area contributed by atoms with Crippen LogP contribution in [0.25, 0.3) is 10.9 Å². The van der Waals surface area contributed by atoms with Gasteiger partial charge in [-0.2, -0.15) is 0 Å². The van der Waals surface area contributed by atoms with Gasteiger partial charge in [0.25, 0.3) is 5.56 Å². The lowest BCUT2D eigenvalue weighted by Gasteiger charge is -2.13. The summed E-state index contributed by atoms with van der Waals surface area (Å²) in [4.78, 5) is 27.0. The van der Waals surface area contributed by atoms with E-state index < -0.39 is 0 Å². The summed E-state index contributed by atoms with van der Waals surface area (Å²) < 4.78 is 1.24. The second kappa shape index (κ2) is 4.26. The highest BCUT2D eigenvalue weighted by Gasteiger charge is 2.20. The van der Waals surface area contributed by atoms with Crippen LogP contribution in [0, 0.1) is 0 Å². The summed E-state index contributed by atoms with van der Waals surface area (Å²) in [5.41, 5.74) is -0.159. The predicted molar refractivity (Wildman–Crippen MR) is 70.1 cm³/mol. The van der Waals surface area contributed by atoms with Gasteiger partial charge in [0.15, 0.2) is 0 Å². The van der Waals surface area contributed by atoms with Crippen LogP contribution >= 0.6 is 11.6 Å². The first-order valence-electron chi connectivity index (χ1n) is 5.84. The number of halogens is 1. The highest BCUT2D eigenvalue weighted by Crippen LogP contribution is 2.16. The number of benzene rings is 1. The molecule has 0 bridgehead atoms. The molecular weight excluding hydrogens is 254 g/mol. The molecule has 1 fully saturated rings. The minimum absolute atomic E-state index is 0.218. The Labute approximate surface area is 107 Å². The molecule has 1 aromatic carbocycles. The monoisotopic (exact) mass is 265 g/mol. The smallest absolute Gasteiger partial charge is 0.307 e. The quantitative estimate of drug-likeness (QED) is 0.815. The molecule has 1 aliphatic heterocycles. The van der Waals surface area contributed by atoms with Gasteiger partial charge >= 0.3 is 5.69 Å². The third kappa shape index (κ3) is 1.76. The van der Waals surface area contributed by atoms with Crippen molar-refractivity contribution in [2.45, 2.75) is 19.0 Å². The lowest BCUT2D eigenvalue weighted by atomic mass is 10.2. The molecule has 94 valence electrons. The number of aromatic nitrogens is 2. The molecular formula is C12H12ClN3O2. The molecule has 1 atom stereocenters. The van der Waals surface area contributed by atoms with Gasteiger partial charge < -0.3 is 4.98 Å². The van der Waals surface area contributed by atoms with Gasteiger partial charge in [-0.05, 0) is 37.6 Å². The molecule has 1 saturated heterocycles. The normalized spacial score (nSPS) is 19.5. The lowest BCUT2D eigenvalue weighted by Crippen LogP contribution is -2.41. The minimum atomic E-state index is -0.380. The second-order valence-corrected chi connectivity index (χ2v) is 4.84. The van der Waals surface area contributed by atoms with E-state index in [9.17, 15) is 9.59 Å². The molecule has 3 rings (SSSR count). The van der Waals surface area contributed by atoms with E-state index in [-0.39, 0.29) is 17.4 Å². The van der Waals surface area contributed by atoms with Gasteiger partial charge in [-0.1, -0.05) is 11.6 Å². The summed E-state index contributed by atoms with van der Waals surface area (Å²) in [6.45, 7) is 0.824. The molecule has 0 saturated carbocycles. The first-order valence-corrected chi connectivity index (χ1v) is 6.22. The van der Waals surface area contributed by atoms with Crippen molar-refractivity contribution in [1.82, 2.24) is 14.9 Å². The van der Waals surface area contributed by atoms with Crippen LogP contribution < -0.4 is 16.6 Å². The second-order valence-electron chi connectivity index (χ2n) is 4.41. The van der Waals surface area contributed by atoms with E-state index in [0.717, 1.165) is 19.4 Å². The number of fused-ring (bicyclic) bond motifs is 1. The van der Waals surface area contributed by atoms with E-state index in [1.807, 2.05) is 0 Å². The zero-order valence-electron chi connectivity index (χ0n) is 9.57. The van der Waals surface area contributed by atoms with Crippen molar-refractivity contribution in [1.29, 1.82) is 0 Å². The molecule has 1 unspecified atom stereocenters. The average Bonchev–Trinajstić information content (AvgIpc) is 2.84. The van der Waals surface area contributed by atoms with E-state index in [2.05, 4.69) is 10.3 Å². The molecule has 2 N–H and O–H groups in total. The third-order valence-electron chi connectivity index (χ3n) is 3.24. The number of nitrogens with zero attached hydrogens (tertiary/aromatic N) is 1. The van der Waals surface area contributed by atoms with E-state index in [0.29, 0.717) is 15.9 Å². The number of H-pyrrole nitrogens is 1. The predicted octanol–water partition coefficient (Wildman–Crippen LogP) is 1.23. The molecule has 1 aliphatic rings. The third-order valence-corrected chi connectivity index (χ3v) is 3.47. The summed E-state index contributed by atoms with van der Waals surface area (Å²) in [6, 6.07) is 4.88. The van der Waals surface area contributed by atoms with E-state index >= 15 is 0 Å². The van der Waals surface area contributed by atoms with E-state index in [4.69, 9.17) is 11.6 Å². The van der Waals surface area contributed by atoms with Gasteiger partial charge in [0, 0.05) is 5.02 Å². The largest absolute Gasteiger partial charge is 0.330 e. The fraction of sp³-hybridized carbons (Fsp3) is 0.333. The Kier molecular flexibility index (Phi) is 2.72. The number of hydrogen-bond acceptors (Lipinski definition) is 3. The molecule has 5 nitrogen and oxygen atoms in total. The van der Waals surface area contributed by atoms with Crippen molar-refractivity contribution < 1.29 is 0 Å². The Balaban J connectivity index is 2.32. The first-order chi connectivity index (χ1) is 8.66. The summed E-state index contributed by atoms with van der Waals surface area (Å²) in [7, 11) is 0. The van der Waals surface area contributed by atoms with Gasteiger partial charge in [-0.3, -0.25) is 10.1 Å². The Morgan fingerprint density at radius 2 is 2.17 bits per heavy atom. The summed E-state index contributed by atoms with van der Waals surface area (Å²) >= 11 is 5.89. The molecule has 2 aromatic rings. The standard InChI is InChI=1S/C12H12ClN3O2/c13-7-3-4-9-8(6-7)11(17)16(12(18)15-9)10-2-1-5-14-10/h3-4,6,10,14H,1-2,5H2,(H,15,18). The van der Waals surface area contributed by atoms with Crippen LogP contribution in [-0.4, -0.2) is 16.1 Å². The van der Waals surface area contributed by atoms with Crippen molar-refractivity contribution in [3.63, 3.8) is 0 Å². The van der Waals surface area contributed by atoms with Crippen LogP contribution in [0.1, 0.15) is 19.0 Å². The SMILES string of the molecule is O=c1[nH]c2ccc(Cl)cc2c(=O)n1C1CCCN1. The average molecular weight is 266 g/mol. The number of hydrogen-bond donors (Lipinski definition) is 2. The number of aromatic amines is 1. The van der Waals surface area contributed by atoms with Gasteiger partial charge in [-0.25, -0.2) is 9.36 Å². The topological polar surface area (TPSA) is 66.9 Å². The summed E-state index contributed by atoms with van der Waals surface area (Å²) in [5.74, 6) is 0. The molecule has 1 aromatic heterocycles. The van der Waals surface area contributed by atoms with Gasteiger partial charge in [0.1, 0.15) is 0 Å². The lowest BCUT2D eigenvalue weighted by molar-refractivity contribution is 0.439. The molecule has 0 aliphatic carbocycles. The Morgan fingerprint density at radius 1 is 1.33 bits per heavy atom. The maximum atomic E-state index is 12.3. The number of nitrogens with one attached hydrogen (secondary N) is 2.